The van der Waals surface area contributed by atoms with Gasteiger partial charge in [-0.1, -0.05) is 20.8 Å². The van der Waals surface area contributed by atoms with E-state index in [1.165, 1.54) is 12.8 Å². The van der Waals surface area contributed by atoms with E-state index in [0.29, 0.717) is 6.04 Å². The second-order valence-electron chi connectivity index (χ2n) is 4.12. The van der Waals surface area contributed by atoms with Gasteiger partial charge in [0.1, 0.15) is 0 Å². The van der Waals surface area contributed by atoms with Crippen molar-refractivity contribution < 1.29 is 0 Å². The standard InChI is InChI=1S/C9H19N/c1-6(2)8-4-7(3)9(10)5-8/h6-9H,4-5,10H2,1-3H3. The molecule has 0 aromatic carbocycles. The smallest absolute Gasteiger partial charge is 0.00673 e. The number of nitrogens with two attached hydrogens (primary N) is 1. The Morgan fingerprint density at radius 2 is 1.90 bits per heavy atom. The molecule has 1 rings (SSSR count). The molecule has 1 nitrogen and oxygen atoms in total. The second-order valence-corrected chi connectivity index (χ2v) is 4.12. The van der Waals surface area contributed by atoms with Crippen molar-refractivity contribution in [2.75, 3.05) is 0 Å². The van der Waals surface area contributed by atoms with Gasteiger partial charge in [-0.3, -0.25) is 0 Å². The zero-order chi connectivity index (χ0) is 7.72. The van der Waals surface area contributed by atoms with Crippen LogP contribution >= 0.6 is 0 Å². The van der Waals surface area contributed by atoms with Crippen molar-refractivity contribution in [2.24, 2.45) is 23.5 Å². The lowest BCUT2D eigenvalue weighted by Crippen LogP contribution is -2.22. The lowest BCUT2D eigenvalue weighted by molar-refractivity contribution is 0.383. The molecule has 1 saturated carbocycles. The molecule has 0 aromatic rings. The molecule has 0 aliphatic heterocycles. The molecule has 10 heavy (non-hydrogen) atoms. The molecule has 0 amide bonds. The van der Waals surface area contributed by atoms with E-state index < -0.39 is 0 Å². The molecule has 0 bridgehead atoms. The molecule has 0 heterocycles. The molecule has 1 aliphatic carbocycles. The Bertz CT molecular complexity index is 99.3. The fourth-order valence-corrected chi connectivity index (χ4v) is 1.87. The van der Waals surface area contributed by atoms with Crippen LogP contribution in [0.5, 0.6) is 0 Å². The van der Waals surface area contributed by atoms with Gasteiger partial charge in [-0.25, -0.2) is 0 Å². The SMILES string of the molecule is CC(C)C1CC(C)C(N)C1. The average molecular weight is 141 g/mol. The molecule has 2 N–H and O–H groups in total. The zero-order valence-electron chi connectivity index (χ0n) is 7.30. The third-order valence-corrected chi connectivity index (χ3v) is 2.92. The van der Waals surface area contributed by atoms with Gasteiger partial charge in [0.15, 0.2) is 0 Å². The Kier molecular flexibility index (Phi) is 2.35. The second kappa shape index (κ2) is 2.91. The third-order valence-electron chi connectivity index (χ3n) is 2.92. The van der Waals surface area contributed by atoms with Crippen molar-refractivity contribution in [3.05, 3.63) is 0 Å². The molecule has 1 aliphatic rings. The summed E-state index contributed by atoms with van der Waals surface area (Å²) in [5, 5.41) is 0. The molecule has 1 fully saturated rings. The maximum absolute atomic E-state index is 5.91. The monoisotopic (exact) mass is 141 g/mol. The molecule has 3 unspecified atom stereocenters. The van der Waals surface area contributed by atoms with Gasteiger partial charge >= 0.3 is 0 Å². The minimum Gasteiger partial charge on any atom is -0.327 e. The summed E-state index contributed by atoms with van der Waals surface area (Å²) in [5.74, 6) is 2.48. The summed E-state index contributed by atoms with van der Waals surface area (Å²) in [6.07, 6.45) is 2.59. The number of hydrogen-bond donors (Lipinski definition) is 1. The predicted octanol–water partition coefficient (Wildman–Crippen LogP) is 2.02. The molecule has 0 spiro atoms. The summed E-state index contributed by atoms with van der Waals surface area (Å²) in [6, 6.07) is 0.479. The minimum atomic E-state index is 0.479. The van der Waals surface area contributed by atoms with Crippen LogP contribution < -0.4 is 5.73 Å². The van der Waals surface area contributed by atoms with Crippen LogP contribution in [0.3, 0.4) is 0 Å². The Morgan fingerprint density at radius 1 is 1.30 bits per heavy atom. The van der Waals surface area contributed by atoms with E-state index in [1.807, 2.05) is 0 Å². The lowest BCUT2D eigenvalue weighted by Gasteiger charge is -2.12. The summed E-state index contributed by atoms with van der Waals surface area (Å²) in [6.45, 7) is 6.87. The molecule has 3 atom stereocenters. The first kappa shape index (κ1) is 8.06. The molecular weight excluding hydrogens is 122 g/mol. The van der Waals surface area contributed by atoms with Gasteiger partial charge < -0.3 is 5.73 Å². The topological polar surface area (TPSA) is 26.0 Å². The van der Waals surface area contributed by atoms with Crippen molar-refractivity contribution in [3.8, 4) is 0 Å². The first-order valence-corrected chi connectivity index (χ1v) is 4.37. The highest BCUT2D eigenvalue weighted by Crippen LogP contribution is 2.34. The Labute approximate surface area is 64.0 Å². The third kappa shape index (κ3) is 1.51. The van der Waals surface area contributed by atoms with Crippen LogP contribution in [0.2, 0.25) is 0 Å². The summed E-state index contributed by atoms with van der Waals surface area (Å²) in [7, 11) is 0. The summed E-state index contributed by atoms with van der Waals surface area (Å²) in [5.41, 5.74) is 5.91. The van der Waals surface area contributed by atoms with Crippen molar-refractivity contribution in [2.45, 2.75) is 39.7 Å². The van der Waals surface area contributed by atoms with Crippen LogP contribution in [-0.4, -0.2) is 6.04 Å². The van der Waals surface area contributed by atoms with E-state index in [1.54, 1.807) is 0 Å². The first-order chi connectivity index (χ1) is 4.61. The number of rotatable bonds is 1. The normalized spacial score (nSPS) is 41.1. The van der Waals surface area contributed by atoms with E-state index in [2.05, 4.69) is 20.8 Å². The van der Waals surface area contributed by atoms with Crippen LogP contribution in [0, 0.1) is 17.8 Å². The maximum Gasteiger partial charge on any atom is 0.00673 e. The van der Waals surface area contributed by atoms with Crippen molar-refractivity contribution in [1.82, 2.24) is 0 Å². The quantitative estimate of drug-likeness (QED) is 0.594. The lowest BCUT2D eigenvalue weighted by atomic mass is 9.94. The van der Waals surface area contributed by atoms with E-state index in [9.17, 15) is 0 Å². The van der Waals surface area contributed by atoms with Crippen LogP contribution in [0.15, 0.2) is 0 Å². The highest BCUT2D eigenvalue weighted by Gasteiger charge is 2.29. The molecular formula is C9H19N. The fraction of sp³-hybridized carbons (Fsp3) is 1.00. The van der Waals surface area contributed by atoms with Crippen molar-refractivity contribution in [3.63, 3.8) is 0 Å². The van der Waals surface area contributed by atoms with E-state index in [-0.39, 0.29) is 0 Å². The van der Waals surface area contributed by atoms with E-state index in [0.717, 1.165) is 17.8 Å². The average Bonchev–Trinajstić information content (AvgIpc) is 2.13. The highest BCUT2D eigenvalue weighted by atomic mass is 14.7. The Morgan fingerprint density at radius 3 is 2.10 bits per heavy atom. The van der Waals surface area contributed by atoms with E-state index >= 15 is 0 Å². The van der Waals surface area contributed by atoms with Gasteiger partial charge in [0.2, 0.25) is 0 Å². The molecule has 60 valence electrons. The van der Waals surface area contributed by atoms with Crippen LogP contribution in [0.25, 0.3) is 0 Å². The minimum absolute atomic E-state index is 0.479. The predicted molar refractivity (Wildman–Crippen MR) is 44.7 cm³/mol. The molecule has 0 radical (unpaired) electrons. The molecule has 0 aromatic heterocycles. The van der Waals surface area contributed by atoms with Gasteiger partial charge in [-0.15, -0.1) is 0 Å². The number of hydrogen-bond acceptors (Lipinski definition) is 1. The first-order valence-electron chi connectivity index (χ1n) is 4.37. The van der Waals surface area contributed by atoms with Crippen LogP contribution in [0.1, 0.15) is 33.6 Å². The highest BCUT2D eigenvalue weighted by molar-refractivity contribution is 4.84. The van der Waals surface area contributed by atoms with Gasteiger partial charge in [0.05, 0.1) is 0 Å². The summed E-state index contributed by atoms with van der Waals surface area (Å²) >= 11 is 0. The van der Waals surface area contributed by atoms with Crippen LogP contribution in [0.4, 0.5) is 0 Å². The summed E-state index contributed by atoms with van der Waals surface area (Å²) in [4.78, 5) is 0. The zero-order valence-corrected chi connectivity index (χ0v) is 7.30. The van der Waals surface area contributed by atoms with E-state index in [4.69, 9.17) is 5.73 Å². The van der Waals surface area contributed by atoms with Gasteiger partial charge in [-0.2, -0.15) is 0 Å². The largest absolute Gasteiger partial charge is 0.327 e. The Hall–Kier alpha value is -0.0400. The van der Waals surface area contributed by atoms with Gasteiger partial charge in [0.25, 0.3) is 0 Å². The molecule has 0 saturated heterocycles. The van der Waals surface area contributed by atoms with Crippen molar-refractivity contribution in [1.29, 1.82) is 0 Å². The molecule has 1 heteroatoms. The summed E-state index contributed by atoms with van der Waals surface area (Å²) < 4.78 is 0. The fourth-order valence-electron chi connectivity index (χ4n) is 1.87. The van der Waals surface area contributed by atoms with Crippen molar-refractivity contribution >= 4 is 0 Å². The van der Waals surface area contributed by atoms with Gasteiger partial charge in [-0.05, 0) is 30.6 Å². The maximum atomic E-state index is 5.91. The van der Waals surface area contributed by atoms with Gasteiger partial charge in [0, 0.05) is 6.04 Å². The Balaban J connectivity index is 2.41. The van der Waals surface area contributed by atoms with Crippen LogP contribution in [-0.2, 0) is 0 Å².